The minimum Gasteiger partial charge on any atom is -0.390 e. The summed E-state index contributed by atoms with van der Waals surface area (Å²) in [5.74, 6) is -7.90. The molecule has 0 saturated heterocycles. The van der Waals surface area contributed by atoms with E-state index in [1.54, 1.807) is 0 Å². The fourth-order valence-electron chi connectivity index (χ4n) is 17.0. The Kier molecular flexibility index (Phi) is 7.37. The molecule has 6 atom stereocenters. The van der Waals surface area contributed by atoms with Crippen molar-refractivity contribution in [2.75, 3.05) is 0 Å². The van der Waals surface area contributed by atoms with Crippen LogP contribution in [0.25, 0.3) is 0 Å². The van der Waals surface area contributed by atoms with Gasteiger partial charge in [0, 0.05) is 17.5 Å². The van der Waals surface area contributed by atoms with E-state index in [1.165, 1.54) is 0 Å². The van der Waals surface area contributed by atoms with Crippen molar-refractivity contribution in [2.24, 2.45) is 35.5 Å². The molecule has 0 aliphatic heterocycles. The maximum atomic E-state index is 15.8. The van der Waals surface area contributed by atoms with Crippen molar-refractivity contribution in [1.29, 1.82) is 0 Å². The van der Waals surface area contributed by atoms with Gasteiger partial charge in [0.2, 0.25) is 0 Å². The van der Waals surface area contributed by atoms with Crippen LogP contribution in [0.3, 0.4) is 0 Å². The van der Waals surface area contributed by atoms with Gasteiger partial charge in [-0.1, -0.05) is 12.1 Å². The summed E-state index contributed by atoms with van der Waals surface area (Å²) in [6, 6.07) is 4.24. The van der Waals surface area contributed by atoms with Crippen LogP contribution >= 0.6 is 0 Å². The van der Waals surface area contributed by atoms with E-state index in [0.29, 0.717) is 93.6 Å². The minimum atomic E-state index is -5.69. The van der Waals surface area contributed by atoms with Crippen LogP contribution < -0.4 is 0 Å². The predicted molar refractivity (Wildman–Crippen MR) is 194 cm³/mol. The molecule has 12 aliphatic carbocycles. The summed E-state index contributed by atoms with van der Waals surface area (Å²) < 4.78 is 95.0. The van der Waals surface area contributed by atoms with Crippen LogP contribution in [0.15, 0.2) is 17.0 Å². The summed E-state index contributed by atoms with van der Waals surface area (Å²) in [4.78, 5) is 13.2. The number of benzene rings is 2. The third kappa shape index (κ3) is 5.19. The lowest BCUT2D eigenvalue weighted by atomic mass is 9.43. The van der Waals surface area contributed by atoms with E-state index in [4.69, 9.17) is 0 Å². The van der Waals surface area contributed by atoms with E-state index >= 15 is 22.4 Å². The van der Waals surface area contributed by atoms with E-state index in [1.807, 2.05) is 0 Å². The maximum Gasteiger partial charge on any atom is 0.300 e. The lowest BCUT2D eigenvalue weighted by Gasteiger charge is -2.63. The first-order chi connectivity index (χ1) is 26.2. The molecule has 6 unspecified atom stereocenters. The Balaban J connectivity index is 1.16. The Labute approximate surface area is 324 Å². The highest BCUT2D eigenvalue weighted by Gasteiger charge is 2.63. The zero-order valence-corrected chi connectivity index (χ0v) is 32.3. The highest BCUT2D eigenvalue weighted by atomic mass is 32.2. The van der Waals surface area contributed by atoms with E-state index in [2.05, 4.69) is 12.1 Å². The van der Waals surface area contributed by atoms with Crippen molar-refractivity contribution in [3.8, 4) is 0 Å². The molecule has 12 fully saturated rings. The maximum absolute atomic E-state index is 15.8. The predicted octanol–water partition coefficient (Wildman–Crippen LogP) is 7.66. The van der Waals surface area contributed by atoms with Gasteiger partial charge in [0.1, 0.15) is 0 Å². The molecule has 12 heteroatoms. The van der Waals surface area contributed by atoms with Crippen LogP contribution in [0.5, 0.6) is 0 Å². The second kappa shape index (κ2) is 11.3. The zero-order valence-electron chi connectivity index (χ0n) is 31.5. The number of Topliss-reactive ketones (excluding diaryl/α,β-unsaturated/α-hetero) is 1. The van der Waals surface area contributed by atoms with Gasteiger partial charge in [-0.15, -0.1) is 0 Å². The lowest BCUT2D eigenvalue weighted by molar-refractivity contribution is -0.139. The summed E-state index contributed by atoms with van der Waals surface area (Å²) in [5.41, 5.74) is -2.88. The Morgan fingerprint density at radius 3 is 1.25 bits per heavy atom. The van der Waals surface area contributed by atoms with Gasteiger partial charge in [-0.05, 0) is 184 Å². The Morgan fingerprint density at radius 1 is 0.571 bits per heavy atom. The molecule has 14 rings (SSSR count). The molecule has 0 heterocycles. The number of hydrogen-bond acceptors (Lipinski definition) is 6. The number of halogens is 4. The van der Waals surface area contributed by atoms with Crippen molar-refractivity contribution in [2.45, 2.75) is 160 Å². The summed E-state index contributed by atoms with van der Waals surface area (Å²) in [7, 11) is -5.69. The molecule has 302 valence electrons. The van der Waals surface area contributed by atoms with Gasteiger partial charge in [-0.25, -0.2) is 17.6 Å². The Bertz CT molecular complexity index is 2090. The summed E-state index contributed by atoms with van der Waals surface area (Å²) in [5, 5.41) is 36.1. The number of aliphatic hydroxyl groups is 3. The number of rotatable bonds is 7. The quantitative estimate of drug-likeness (QED) is 0.0980. The molecule has 12 saturated carbocycles. The van der Waals surface area contributed by atoms with Crippen LogP contribution in [0, 0.1) is 58.8 Å². The van der Waals surface area contributed by atoms with Crippen molar-refractivity contribution in [1.82, 2.24) is 0 Å². The van der Waals surface area contributed by atoms with Gasteiger partial charge in [-0.2, -0.15) is 8.42 Å². The molecule has 0 spiro atoms. The van der Waals surface area contributed by atoms with E-state index in [-0.39, 0.29) is 34.7 Å². The van der Waals surface area contributed by atoms with Crippen LogP contribution in [-0.2, 0) is 32.8 Å². The monoisotopic (exact) mass is 798 g/mol. The largest absolute Gasteiger partial charge is 0.390 e. The smallest absolute Gasteiger partial charge is 0.300 e. The zero-order chi connectivity index (χ0) is 39.2. The first kappa shape index (κ1) is 36.7. The van der Waals surface area contributed by atoms with Crippen molar-refractivity contribution in [3.63, 3.8) is 0 Å². The van der Waals surface area contributed by atoms with Gasteiger partial charge in [0.25, 0.3) is 0 Å². The molecule has 2 aromatic rings. The molecular weight excluding hydrogens is 749 g/mol. The first-order valence-corrected chi connectivity index (χ1v) is 22.4. The van der Waals surface area contributed by atoms with E-state index in [0.717, 1.165) is 50.5 Å². The molecule has 7 nitrogen and oxygen atoms in total. The van der Waals surface area contributed by atoms with Gasteiger partial charge < -0.3 is 15.3 Å². The van der Waals surface area contributed by atoms with Gasteiger partial charge >= 0.3 is 10.1 Å². The van der Waals surface area contributed by atoms with Gasteiger partial charge in [0.15, 0.2) is 33.9 Å². The SMILES string of the molecule is O=C(Cc1c(F)c(F)c(S(=O)(=O)O)c(F)c1F)c1c(C23CC4CC(CC(O)(C4)C2)C3)cc(C23CC4CC(CC(O)(C4)C2)C3)cc1C12CC3CC(CC(O)(C3)C1)C2. The first-order valence-electron chi connectivity index (χ1n) is 20.9. The Morgan fingerprint density at radius 2 is 0.911 bits per heavy atom. The van der Waals surface area contributed by atoms with Crippen molar-refractivity contribution in [3.05, 3.63) is 63.2 Å². The summed E-state index contributed by atoms with van der Waals surface area (Å²) in [6.45, 7) is 0. The van der Waals surface area contributed by atoms with Crippen LogP contribution in [-0.4, -0.2) is 50.9 Å². The standard InChI is InChI=1S/C44H50F4O7S/c45-34-29(35(46)37(48)38(36(34)47)56(53,54)55)6-32(49)33-30(40-9-24-2-25(10-40)16-43(51,15-24)20-40)4-28(39-7-22-1-23(8-39)14-42(50,13-22)19-39)5-31(33)41-11-26-3-27(12-41)18-44(52,17-26)21-41/h4-5,22-27,50-52H,1-3,6-21H2,(H,53,54,55). The Hall–Kier alpha value is -2.38. The molecule has 56 heavy (non-hydrogen) atoms. The van der Waals surface area contributed by atoms with Gasteiger partial charge in [-0.3, -0.25) is 9.35 Å². The summed E-state index contributed by atoms with van der Waals surface area (Å²) in [6.07, 6.45) is 12.2. The molecule has 4 N–H and O–H groups in total. The highest BCUT2D eigenvalue weighted by molar-refractivity contribution is 7.85. The van der Waals surface area contributed by atoms with Crippen LogP contribution in [0.1, 0.15) is 148 Å². The minimum absolute atomic E-state index is 0.211. The normalized spacial score (nSPS) is 45.3. The van der Waals surface area contributed by atoms with E-state index < -0.39 is 83.7 Å². The van der Waals surface area contributed by atoms with Crippen LogP contribution in [0.2, 0.25) is 0 Å². The molecule has 12 bridgehead atoms. The molecule has 0 aromatic heterocycles. The number of carbonyl (C=O) groups excluding carboxylic acids is 1. The number of hydrogen-bond donors (Lipinski definition) is 4. The second-order valence-corrected chi connectivity index (χ2v) is 22.8. The second-order valence-electron chi connectivity index (χ2n) is 21.5. The molecule has 0 amide bonds. The van der Waals surface area contributed by atoms with Crippen molar-refractivity contribution < 1.29 is 50.6 Å². The topological polar surface area (TPSA) is 132 Å². The molecular formula is C44H50F4O7S. The third-order valence-corrected chi connectivity index (χ3v) is 18.0. The fraction of sp³-hybridized carbons (Fsp3) is 0.705. The highest BCUT2D eigenvalue weighted by Crippen LogP contribution is 2.68. The van der Waals surface area contributed by atoms with Crippen molar-refractivity contribution >= 4 is 15.9 Å². The van der Waals surface area contributed by atoms with Gasteiger partial charge in [0.05, 0.1) is 16.8 Å². The molecule has 0 radical (unpaired) electrons. The molecule has 2 aromatic carbocycles. The number of carbonyl (C=O) groups is 1. The number of ketones is 1. The van der Waals surface area contributed by atoms with E-state index in [9.17, 15) is 28.3 Å². The van der Waals surface area contributed by atoms with Crippen LogP contribution in [0.4, 0.5) is 17.6 Å². The lowest BCUT2D eigenvalue weighted by Crippen LogP contribution is -2.59. The average Bonchev–Trinajstić information content (AvgIpc) is 3.05. The third-order valence-electron chi connectivity index (χ3n) is 17.2. The average molecular weight is 799 g/mol. The molecule has 12 aliphatic rings. The fourth-order valence-corrected chi connectivity index (χ4v) is 17.6. The summed E-state index contributed by atoms with van der Waals surface area (Å²) >= 11 is 0.